The fraction of sp³-hybridized carbons (Fsp3) is 0.514. The summed E-state index contributed by atoms with van der Waals surface area (Å²) >= 11 is 0. The van der Waals surface area contributed by atoms with Crippen molar-refractivity contribution < 1.29 is 14.3 Å². The fourth-order valence-corrected chi connectivity index (χ4v) is 7.01. The third kappa shape index (κ3) is 6.53. The number of nitrogens with zero attached hydrogens (tertiary/aromatic N) is 1. The molecular weight excluding hydrogens is 496 g/mol. The minimum Gasteiger partial charge on any atom is -0.491 e. The van der Waals surface area contributed by atoms with E-state index in [4.69, 9.17) is 9.47 Å². The van der Waals surface area contributed by atoms with Crippen LogP contribution in [0.15, 0.2) is 53.6 Å². The van der Waals surface area contributed by atoms with Crippen molar-refractivity contribution in [2.24, 2.45) is 0 Å². The van der Waals surface area contributed by atoms with Gasteiger partial charge in [0, 0.05) is 31.8 Å². The van der Waals surface area contributed by atoms with E-state index in [-0.39, 0.29) is 11.9 Å². The first-order chi connectivity index (χ1) is 19.3. The summed E-state index contributed by atoms with van der Waals surface area (Å²) in [5, 5.41) is 3.40. The van der Waals surface area contributed by atoms with Crippen LogP contribution in [0.1, 0.15) is 80.2 Å². The zero-order valence-corrected chi connectivity index (χ0v) is 25.0. The summed E-state index contributed by atoms with van der Waals surface area (Å²) in [5.41, 5.74) is 10.5. The Balaban J connectivity index is 1.17. The molecule has 2 fully saturated rings. The van der Waals surface area contributed by atoms with Crippen LogP contribution in [0.4, 0.5) is 0 Å². The van der Waals surface area contributed by atoms with E-state index < -0.39 is 0 Å². The molecule has 2 saturated heterocycles. The molecule has 1 amide bonds. The third-order valence-electron chi connectivity index (χ3n) is 9.35. The summed E-state index contributed by atoms with van der Waals surface area (Å²) in [6.07, 6.45) is 9.46. The monoisotopic (exact) mass is 542 g/mol. The first-order valence-corrected chi connectivity index (χ1v) is 15.0. The summed E-state index contributed by atoms with van der Waals surface area (Å²) in [7, 11) is 1.70. The average molecular weight is 543 g/mol. The lowest BCUT2D eigenvalue weighted by atomic mass is 9.88. The van der Waals surface area contributed by atoms with Gasteiger partial charge in [-0.1, -0.05) is 42.0 Å². The minimum atomic E-state index is 0.149. The zero-order chi connectivity index (χ0) is 28.2. The molecule has 1 aliphatic carbocycles. The first kappa shape index (κ1) is 28.6. The molecule has 0 radical (unpaired) electrons. The van der Waals surface area contributed by atoms with Crippen molar-refractivity contribution >= 4 is 11.5 Å². The Morgan fingerprint density at radius 2 is 1.75 bits per heavy atom. The predicted molar refractivity (Wildman–Crippen MR) is 163 cm³/mol. The summed E-state index contributed by atoms with van der Waals surface area (Å²) in [5.74, 6) is 1.10. The second-order valence-corrected chi connectivity index (χ2v) is 12.1. The van der Waals surface area contributed by atoms with Crippen LogP contribution < -0.4 is 10.1 Å². The molecule has 5 nitrogen and oxygen atoms in total. The van der Waals surface area contributed by atoms with Gasteiger partial charge in [-0.05, 0) is 111 Å². The number of benzene rings is 2. The van der Waals surface area contributed by atoms with Gasteiger partial charge in [0.2, 0.25) is 5.91 Å². The maximum Gasteiger partial charge on any atom is 0.224 e. The first-order valence-electron chi connectivity index (χ1n) is 15.0. The van der Waals surface area contributed by atoms with Crippen molar-refractivity contribution in [1.82, 2.24) is 10.2 Å². The highest BCUT2D eigenvalue weighted by Crippen LogP contribution is 2.38. The van der Waals surface area contributed by atoms with Gasteiger partial charge >= 0.3 is 0 Å². The standard InChI is InChI=1S/C35H46N2O3/c1-23-9-13-33(24(2)17-23)28-8-6-7-27(18-28)19-35(38)36-30-20-31-11-12-32(21-30)37(31)22-29-10-14-34(26(4)25(29)3)40-16-15-39-5/h6-8,10,14,17-18,30-32H,9,11-13,15-16,19-22H2,1-5H3,(H,36,38). The lowest BCUT2D eigenvalue weighted by Crippen LogP contribution is -2.50. The molecule has 2 atom stereocenters. The predicted octanol–water partition coefficient (Wildman–Crippen LogP) is 6.70. The second-order valence-electron chi connectivity index (χ2n) is 12.1. The molecule has 0 saturated carbocycles. The van der Waals surface area contributed by atoms with E-state index in [1.807, 2.05) is 0 Å². The highest BCUT2D eigenvalue weighted by atomic mass is 16.5. The molecule has 0 spiro atoms. The van der Waals surface area contributed by atoms with Gasteiger partial charge in [-0.2, -0.15) is 0 Å². The Hall–Kier alpha value is -2.89. The largest absolute Gasteiger partial charge is 0.491 e. The van der Waals surface area contributed by atoms with Crippen LogP contribution in [-0.4, -0.2) is 49.3 Å². The van der Waals surface area contributed by atoms with Gasteiger partial charge in [0.1, 0.15) is 12.4 Å². The highest BCUT2D eigenvalue weighted by Gasteiger charge is 2.41. The number of hydrogen-bond acceptors (Lipinski definition) is 4. The maximum absolute atomic E-state index is 13.1. The number of ether oxygens (including phenoxy) is 2. The third-order valence-corrected chi connectivity index (χ3v) is 9.35. The normalized spacial score (nSPS) is 22.8. The highest BCUT2D eigenvalue weighted by molar-refractivity contribution is 5.80. The molecule has 2 aromatic rings. The Morgan fingerprint density at radius 3 is 2.48 bits per heavy atom. The van der Waals surface area contributed by atoms with Crippen LogP contribution in [0.25, 0.3) is 5.57 Å². The van der Waals surface area contributed by atoms with E-state index >= 15 is 0 Å². The lowest BCUT2D eigenvalue weighted by Gasteiger charge is -2.39. The van der Waals surface area contributed by atoms with Crippen molar-refractivity contribution in [2.75, 3.05) is 20.3 Å². The van der Waals surface area contributed by atoms with Crippen molar-refractivity contribution in [3.8, 4) is 5.75 Å². The van der Waals surface area contributed by atoms with Crippen LogP contribution in [-0.2, 0) is 22.5 Å². The van der Waals surface area contributed by atoms with Crippen molar-refractivity contribution in [3.05, 3.63) is 81.4 Å². The van der Waals surface area contributed by atoms with Gasteiger partial charge in [-0.3, -0.25) is 9.69 Å². The number of allylic oxidation sites excluding steroid dienone is 4. The molecule has 2 unspecified atom stereocenters. The number of nitrogens with one attached hydrogen (secondary N) is 1. The van der Waals surface area contributed by atoms with Gasteiger partial charge in [0.25, 0.3) is 0 Å². The molecule has 2 bridgehead atoms. The van der Waals surface area contributed by atoms with E-state index in [2.05, 4.69) is 80.4 Å². The number of methoxy groups -OCH3 is 1. The summed E-state index contributed by atoms with van der Waals surface area (Å²) in [4.78, 5) is 15.8. The smallest absolute Gasteiger partial charge is 0.224 e. The Morgan fingerprint density at radius 1 is 0.975 bits per heavy atom. The van der Waals surface area contributed by atoms with Gasteiger partial charge in [0.05, 0.1) is 13.0 Å². The number of carbonyl (C=O) groups excluding carboxylic acids is 1. The van der Waals surface area contributed by atoms with Crippen LogP contribution >= 0.6 is 0 Å². The molecule has 2 aromatic carbocycles. The maximum atomic E-state index is 13.1. The molecule has 214 valence electrons. The SMILES string of the molecule is COCCOc1ccc(CN2C3CCC2CC(NC(=O)Cc2cccc(C4=C(C)C=C(C)CC4)c2)C3)c(C)c1C. The van der Waals surface area contributed by atoms with E-state index in [0.29, 0.717) is 31.7 Å². The molecule has 5 rings (SSSR count). The molecule has 40 heavy (non-hydrogen) atoms. The number of piperidine rings is 1. The molecule has 0 aromatic heterocycles. The summed E-state index contributed by atoms with van der Waals surface area (Å²) in [6, 6.07) is 14.3. The van der Waals surface area contributed by atoms with E-state index in [9.17, 15) is 4.79 Å². The Labute approximate surface area is 240 Å². The van der Waals surface area contributed by atoms with E-state index in [0.717, 1.165) is 43.5 Å². The zero-order valence-electron chi connectivity index (χ0n) is 25.0. The molecule has 2 heterocycles. The number of hydrogen-bond donors (Lipinski definition) is 1. The molecular formula is C35H46N2O3. The van der Waals surface area contributed by atoms with E-state index in [1.54, 1.807) is 7.11 Å². The fourth-order valence-electron chi connectivity index (χ4n) is 7.01. The number of carbonyl (C=O) groups is 1. The summed E-state index contributed by atoms with van der Waals surface area (Å²) in [6.45, 7) is 10.9. The van der Waals surface area contributed by atoms with E-state index in [1.165, 1.54) is 51.8 Å². The van der Waals surface area contributed by atoms with Crippen molar-refractivity contribution in [3.63, 3.8) is 0 Å². The van der Waals surface area contributed by atoms with Crippen LogP contribution in [0.3, 0.4) is 0 Å². The number of amides is 1. The topological polar surface area (TPSA) is 50.8 Å². The molecule has 2 aliphatic heterocycles. The van der Waals surface area contributed by atoms with Gasteiger partial charge < -0.3 is 14.8 Å². The quantitative estimate of drug-likeness (QED) is 0.340. The average Bonchev–Trinajstić information content (AvgIpc) is 3.15. The number of fused-ring (bicyclic) bond motifs is 2. The molecule has 5 heteroatoms. The van der Waals surface area contributed by atoms with Crippen molar-refractivity contribution in [2.45, 2.75) is 97.3 Å². The van der Waals surface area contributed by atoms with Gasteiger partial charge in [-0.15, -0.1) is 0 Å². The Kier molecular flexibility index (Phi) is 9.12. The van der Waals surface area contributed by atoms with Crippen LogP contribution in [0, 0.1) is 13.8 Å². The van der Waals surface area contributed by atoms with Gasteiger partial charge in [-0.25, -0.2) is 0 Å². The summed E-state index contributed by atoms with van der Waals surface area (Å²) < 4.78 is 11.0. The second kappa shape index (κ2) is 12.7. The minimum absolute atomic E-state index is 0.149. The number of rotatable bonds is 10. The van der Waals surface area contributed by atoms with Crippen LogP contribution in [0.5, 0.6) is 5.75 Å². The van der Waals surface area contributed by atoms with Crippen LogP contribution in [0.2, 0.25) is 0 Å². The molecule has 1 N–H and O–H groups in total. The molecule has 3 aliphatic rings. The van der Waals surface area contributed by atoms with Crippen molar-refractivity contribution in [1.29, 1.82) is 0 Å². The van der Waals surface area contributed by atoms with Gasteiger partial charge in [0.15, 0.2) is 0 Å². The Bertz CT molecular complexity index is 1280. The lowest BCUT2D eigenvalue weighted by molar-refractivity contribution is -0.121.